The summed E-state index contributed by atoms with van der Waals surface area (Å²) in [5, 5.41) is 13.9. The number of rotatable bonds is 0. The Labute approximate surface area is 73.1 Å². The lowest BCUT2D eigenvalue weighted by atomic mass is 11.5. The van der Waals surface area contributed by atoms with E-state index in [9.17, 15) is 0 Å². The average Bonchev–Trinajstić information content (AvgIpc) is 1.19. The van der Waals surface area contributed by atoms with Gasteiger partial charge in [0.05, 0.1) is 0 Å². The van der Waals surface area contributed by atoms with Gasteiger partial charge in [-0.15, -0.1) is 0 Å². The fraction of sp³-hybridized carbons (Fsp3) is 0. The van der Waals surface area contributed by atoms with Crippen molar-refractivity contribution in [1.29, 1.82) is 0 Å². The van der Waals surface area contributed by atoms with Crippen LogP contribution in [0.15, 0.2) is 0 Å². The molecule has 0 unspecified atom stereocenters. The van der Waals surface area contributed by atoms with E-state index in [2.05, 4.69) is 0 Å². The smallest absolute Gasteiger partial charge is 0.450 e. The lowest BCUT2D eigenvalue weighted by molar-refractivity contribution is 0.137. The second-order valence-electron chi connectivity index (χ2n) is 0.730. The summed E-state index contributed by atoms with van der Waals surface area (Å²) >= 11 is 0. The Morgan fingerprint density at radius 1 is 1.09 bits per heavy atom. The summed E-state index contributed by atoms with van der Waals surface area (Å²) in [5.41, 5.74) is 0. The van der Waals surface area contributed by atoms with Gasteiger partial charge in [0.1, 0.15) is 0 Å². The van der Waals surface area contributed by atoms with Crippen molar-refractivity contribution in [2.45, 2.75) is 0 Å². The third kappa shape index (κ3) is 4150. The van der Waals surface area contributed by atoms with E-state index >= 15 is 0 Å². The van der Waals surface area contributed by atoms with Crippen LogP contribution in [0.3, 0.4) is 0 Å². The second kappa shape index (κ2) is 9.63. The number of hydrogen-bond donors (Lipinski definition) is 5. The van der Waals surface area contributed by atoms with Crippen molar-refractivity contribution in [1.82, 2.24) is 6.15 Å². The summed E-state index contributed by atoms with van der Waals surface area (Å²) in [4.78, 5) is 8.56. The van der Waals surface area contributed by atoms with Crippen molar-refractivity contribution in [3.63, 3.8) is 0 Å². The molecule has 0 fully saturated rings. The highest BCUT2D eigenvalue weighted by atomic mass is 32.3. The van der Waals surface area contributed by atoms with E-state index in [4.69, 9.17) is 32.5 Å². The predicted octanol–water partition coefficient (Wildman–Crippen LogP) is -1.45. The largest absolute Gasteiger partial charge is 0.503 e. The molecule has 0 radical (unpaired) electrons. The molecule has 0 aliphatic rings. The number of carbonyl (C=O) groups is 1. The fourth-order valence-corrected chi connectivity index (χ4v) is 0. The molecule has 10 heteroatoms. The topological polar surface area (TPSA) is 167 Å². The van der Waals surface area contributed by atoms with E-state index in [0.717, 1.165) is 0 Å². The van der Waals surface area contributed by atoms with Gasteiger partial charge in [0.15, 0.2) is 17.4 Å². The molecule has 0 aliphatic carbocycles. The van der Waals surface area contributed by atoms with Crippen LogP contribution < -0.4 is 6.15 Å². The van der Waals surface area contributed by atoms with Crippen LogP contribution in [-0.2, 0) is 10.4 Å². The molecule has 7 N–H and O–H groups in total. The molecule has 70 valence electrons. The highest BCUT2D eigenvalue weighted by Crippen LogP contribution is 1.59. The van der Waals surface area contributed by atoms with Crippen LogP contribution in [0.2, 0.25) is 0 Å². The average molecular weight is 207 g/mol. The van der Waals surface area contributed by atoms with Crippen LogP contribution >= 0.6 is 0 Å². The molecule has 0 aromatic heterocycles. The van der Waals surface area contributed by atoms with E-state index in [1.54, 1.807) is 0 Å². The molecule has 0 bridgehead atoms. The van der Waals surface area contributed by atoms with Crippen LogP contribution in [0.5, 0.6) is 0 Å². The van der Waals surface area contributed by atoms with Gasteiger partial charge in [0, 0.05) is 0 Å². The van der Waals surface area contributed by atoms with Gasteiger partial charge < -0.3 is 16.4 Å². The monoisotopic (exact) mass is 207 g/mol. The Kier molecular flexibility index (Phi) is 19.6. The molecule has 0 atom stereocenters. The SMILES string of the molecule is N.O=C(O)O.O=S(=O)(O)O.[AlH3]. The summed E-state index contributed by atoms with van der Waals surface area (Å²) in [7, 11) is -4.67. The van der Waals surface area contributed by atoms with Crippen molar-refractivity contribution < 1.29 is 32.5 Å². The van der Waals surface area contributed by atoms with Crippen molar-refractivity contribution >= 4 is 33.9 Å². The van der Waals surface area contributed by atoms with Crippen LogP contribution in [0.4, 0.5) is 4.79 Å². The van der Waals surface area contributed by atoms with Gasteiger partial charge >= 0.3 is 16.6 Å². The molecular weight excluding hydrogens is 197 g/mol. The first kappa shape index (κ1) is 22.4. The molecule has 0 saturated heterocycles. The highest BCUT2D eigenvalue weighted by molar-refractivity contribution is 7.79. The normalized spacial score (nSPS) is 7.45. The van der Waals surface area contributed by atoms with Gasteiger partial charge in [-0.1, -0.05) is 0 Å². The summed E-state index contributed by atoms with van der Waals surface area (Å²) in [5.74, 6) is 0. The molecule has 0 saturated carbocycles. The Morgan fingerprint density at radius 2 is 1.09 bits per heavy atom. The lowest BCUT2D eigenvalue weighted by Crippen LogP contribution is -1.89. The summed E-state index contributed by atoms with van der Waals surface area (Å²) in [6, 6.07) is 0. The van der Waals surface area contributed by atoms with Gasteiger partial charge in [-0.05, 0) is 0 Å². The van der Waals surface area contributed by atoms with E-state index in [0.29, 0.717) is 0 Å². The quantitative estimate of drug-likeness (QED) is 0.237. The molecule has 0 aromatic rings. The zero-order valence-corrected chi connectivity index (χ0v) is 5.45. The minimum Gasteiger partial charge on any atom is -0.450 e. The zero-order valence-electron chi connectivity index (χ0n) is 4.63. The first-order valence-electron chi connectivity index (χ1n) is 1.35. The molecule has 8 nitrogen and oxygen atoms in total. The maximum Gasteiger partial charge on any atom is 0.503 e. The van der Waals surface area contributed by atoms with Gasteiger partial charge in [0.25, 0.3) is 0 Å². The van der Waals surface area contributed by atoms with Crippen LogP contribution in [0.1, 0.15) is 0 Å². The van der Waals surface area contributed by atoms with Gasteiger partial charge in [-0.25, -0.2) is 4.79 Å². The van der Waals surface area contributed by atoms with E-state index in [1.807, 2.05) is 0 Å². The Balaban J connectivity index is -0.0000000383. The van der Waals surface area contributed by atoms with Crippen LogP contribution in [0, 0.1) is 0 Å². The molecule has 0 aliphatic heterocycles. The van der Waals surface area contributed by atoms with Crippen molar-refractivity contribution in [3.05, 3.63) is 0 Å². The third-order valence-electron chi connectivity index (χ3n) is 0. The van der Waals surface area contributed by atoms with E-state index in [-0.39, 0.29) is 23.5 Å². The molecule has 0 amide bonds. The van der Waals surface area contributed by atoms with Crippen molar-refractivity contribution in [2.24, 2.45) is 0 Å². The third-order valence-corrected chi connectivity index (χ3v) is 0. The Morgan fingerprint density at radius 3 is 1.09 bits per heavy atom. The van der Waals surface area contributed by atoms with Crippen molar-refractivity contribution in [2.75, 3.05) is 0 Å². The lowest BCUT2D eigenvalue weighted by Gasteiger charge is -1.68. The standard InChI is InChI=1S/CH2O3.Al.H3N.H2O4S.3H/c2-1(3)4;;;1-5(2,3)4;;;/h(H2,2,3,4);;1H3;(H2,1,2,3,4);;;. The fourth-order valence-electron chi connectivity index (χ4n) is 0. The van der Waals surface area contributed by atoms with Crippen LogP contribution in [0.25, 0.3) is 0 Å². The van der Waals surface area contributed by atoms with Gasteiger partial charge in [-0.3, -0.25) is 9.11 Å². The predicted molar refractivity (Wildman–Crippen MR) is 39.8 cm³/mol. The molecular formula is CH10AlNO7S. The van der Waals surface area contributed by atoms with Gasteiger partial charge in [-0.2, -0.15) is 8.42 Å². The first-order valence-corrected chi connectivity index (χ1v) is 2.75. The Hall–Kier alpha value is -0.368. The molecule has 0 heterocycles. The molecule has 0 rings (SSSR count). The molecule has 11 heavy (non-hydrogen) atoms. The Bertz CT molecular complexity index is 161. The number of carboxylic acid groups (broad SMARTS) is 2. The minimum absolute atomic E-state index is 0. The second-order valence-corrected chi connectivity index (χ2v) is 1.63. The van der Waals surface area contributed by atoms with Crippen molar-refractivity contribution in [3.8, 4) is 0 Å². The molecule has 0 spiro atoms. The van der Waals surface area contributed by atoms with E-state index < -0.39 is 16.6 Å². The zero-order chi connectivity index (χ0) is 8.08. The maximum absolute atomic E-state index is 8.74. The summed E-state index contributed by atoms with van der Waals surface area (Å²) in [6.07, 6.45) is -1.83. The van der Waals surface area contributed by atoms with Gasteiger partial charge in [0.2, 0.25) is 0 Å². The maximum atomic E-state index is 8.74. The summed E-state index contributed by atoms with van der Waals surface area (Å²) < 4.78 is 31.6. The summed E-state index contributed by atoms with van der Waals surface area (Å²) in [6.45, 7) is 0. The number of hydrogen-bond acceptors (Lipinski definition) is 4. The molecule has 0 aromatic carbocycles. The van der Waals surface area contributed by atoms with E-state index in [1.165, 1.54) is 0 Å². The van der Waals surface area contributed by atoms with Crippen LogP contribution in [-0.4, -0.2) is 51.3 Å². The minimum atomic E-state index is -4.67. The highest BCUT2D eigenvalue weighted by Gasteiger charge is 1.84. The first-order chi connectivity index (χ1) is 3.73.